The van der Waals surface area contributed by atoms with Gasteiger partial charge in [0.25, 0.3) is 0 Å². The van der Waals surface area contributed by atoms with Crippen LogP contribution >= 0.6 is 11.3 Å². The van der Waals surface area contributed by atoms with Crippen LogP contribution in [0.3, 0.4) is 0 Å². The lowest BCUT2D eigenvalue weighted by atomic mass is 9.95. The van der Waals surface area contributed by atoms with E-state index in [4.69, 9.17) is 4.42 Å². The van der Waals surface area contributed by atoms with Gasteiger partial charge in [0.2, 0.25) is 0 Å². The zero-order valence-electron chi connectivity index (χ0n) is 29.8. The van der Waals surface area contributed by atoms with E-state index in [0.717, 1.165) is 50.1 Å². The Labute approximate surface area is 322 Å². The van der Waals surface area contributed by atoms with Crippen LogP contribution in [0, 0.1) is 0 Å². The Bertz CT molecular complexity index is 3240. The quantitative estimate of drug-likeness (QED) is 0.170. The first kappa shape index (κ1) is 31.6. The summed E-state index contributed by atoms with van der Waals surface area (Å²) >= 11 is 1.86. The molecule has 0 N–H and O–H groups in total. The Morgan fingerprint density at radius 3 is 1.89 bits per heavy atom. The van der Waals surface area contributed by atoms with Crippen LogP contribution in [0.1, 0.15) is 0 Å². The smallest absolute Gasteiger partial charge is 0.136 e. The third-order valence-electron chi connectivity index (χ3n) is 10.8. The molecule has 0 unspecified atom stereocenters. The predicted octanol–water partition coefficient (Wildman–Crippen LogP) is 15.6. The lowest BCUT2D eigenvalue weighted by Gasteiger charge is -2.29. The molecule has 3 heteroatoms. The van der Waals surface area contributed by atoms with E-state index in [0.29, 0.717) is 0 Å². The number of benzene rings is 9. The summed E-state index contributed by atoms with van der Waals surface area (Å²) in [6.45, 7) is 0. The van der Waals surface area contributed by atoms with Gasteiger partial charge in [-0.05, 0) is 99.3 Å². The molecule has 0 bridgehead atoms. The van der Waals surface area contributed by atoms with E-state index in [1.807, 2.05) is 17.4 Å². The number of hydrogen-bond donors (Lipinski definition) is 0. The lowest BCUT2D eigenvalue weighted by Crippen LogP contribution is -2.11. The molecule has 11 rings (SSSR count). The van der Waals surface area contributed by atoms with Crippen molar-refractivity contribution in [1.82, 2.24) is 0 Å². The second kappa shape index (κ2) is 12.9. The number of thiophene rings is 1. The molecule has 258 valence electrons. The van der Waals surface area contributed by atoms with Gasteiger partial charge in [-0.15, -0.1) is 11.3 Å². The molecule has 0 amide bonds. The van der Waals surface area contributed by atoms with Crippen molar-refractivity contribution < 1.29 is 4.42 Å². The summed E-state index contributed by atoms with van der Waals surface area (Å²) in [6.07, 6.45) is 0. The molecule has 0 aliphatic carbocycles. The summed E-state index contributed by atoms with van der Waals surface area (Å²) in [6, 6.07) is 72.3. The average Bonchev–Trinajstić information content (AvgIpc) is 3.83. The fourth-order valence-corrected chi connectivity index (χ4v) is 9.48. The first-order valence-corrected chi connectivity index (χ1v) is 19.5. The minimum atomic E-state index is 0.886. The number of anilines is 3. The minimum absolute atomic E-state index is 0.886. The lowest BCUT2D eigenvalue weighted by molar-refractivity contribution is 0.669. The number of hydrogen-bond acceptors (Lipinski definition) is 3. The second-order valence-electron chi connectivity index (χ2n) is 14.1. The molecule has 0 aliphatic rings. The van der Waals surface area contributed by atoms with Gasteiger partial charge < -0.3 is 9.32 Å². The largest absolute Gasteiger partial charge is 0.456 e. The Kier molecular flexibility index (Phi) is 7.39. The van der Waals surface area contributed by atoms with Crippen LogP contribution in [-0.4, -0.2) is 0 Å². The topological polar surface area (TPSA) is 16.4 Å². The Morgan fingerprint density at radius 1 is 0.364 bits per heavy atom. The highest BCUT2D eigenvalue weighted by atomic mass is 32.1. The predicted molar refractivity (Wildman–Crippen MR) is 235 cm³/mol. The van der Waals surface area contributed by atoms with Gasteiger partial charge in [0.1, 0.15) is 11.2 Å². The maximum atomic E-state index is 6.39. The summed E-state index contributed by atoms with van der Waals surface area (Å²) < 4.78 is 9.00. The number of nitrogens with zero attached hydrogens (tertiary/aromatic N) is 1. The van der Waals surface area contributed by atoms with E-state index in [1.165, 1.54) is 53.2 Å². The molecule has 9 aromatic carbocycles. The third kappa shape index (κ3) is 5.32. The molecule has 0 saturated carbocycles. The van der Waals surface area contributed by atoms with Gasteiger partial charge in [-0.3, -0.25) is 0 Å². The van der Waals surface area contributed by atoms with Crippen molar-refractivity contribution in [2.75, 3.05) is 4.90 Å². The molecule has 0 radical (unpaired) electrons. The maximum absolute atomic E-state index is 6.39. The van der Waals surface area contributed by atoms with Crippen molar-refractivity contribution in [2.24, 2.45) is 0 Å². The molecular weight excluding hydrogens is 687 g/mol. The highest BCUT2D eigenvalue weighted by Gasteiger charge is 2.21. The Morgan fingerprint density at radius 2 is 0.982 bits per heavy atom. The summed E-state index contributed by atoms with van der Waals surface area (Å²) in [5.74, 6) is 0. The van der Waals surface area contributed by atoms with Crippen LogP contribution in [0.25, 0.3) is 86.3 Å². The highest BCUT2D eigenvalue weighted by molar-refractivity contribution is 7.25. The number of para-hydroxylation sites is 2. The minimum Gasteiger partial charge on any atom is -0.456 e. The first-order valence-electron chi connectivity index (χ1n) is 18.7. The molecule has 11 aromatic rings. The van der Waals surface area contributed by atoms with Crippen molar-refractivity contribution in [3.63, 3.8) is 0 Å². The van der Waals surface area contributed by atoms with E-state index in [-0.39, 0.29) is 0 Å². The standard InChI is InChI=1S/C52H33NOS/c1-2-14-35-31-37(30-29-34(35)13-1)36-15-9-17-39(32-36)53(40-18-10-16-38(33-40)41-22-12-28-50-52(41)45-21-5-8-27-49(45)55-50)46-24-6-3-19-42(46)43-23-11-26-48-51(43)44-20-4-7-25-47(44)54-48/h1-33H. The monoisotopic (exact) mass is 719 g/mol. The van der Waals surface area contributed by atoms with Gasteiger partial charge in [0, 0.05) is 47.9 Å². The summed E-state index contributed by atoms with van der Waals surface area (Å²) in [5, 5.41) is 7.32. The van der Waals surface area contributed by atoms with E-state index >= 15 is 0 Å². The van der Waals surface area contributed by atoms with Crippen LogP contribution in [-0.2, 0) is 0 Å². The van der Waals surface area contributed by atoms with Crippen LogP contribution in [0.5, 0.6) is 0 Å². The molecular formula is C52H33NOS. The van der Waals surface area contributed by atoms with Crippen molar-refractivity contribution in [3.8, 4) is 33.4 Å². The van der Waals surface area contributed by atoms with E-state index < -0.39 is 0 Å². The highest BCUT2D eigenvalue weighted by Crippen LogP contribution is 2.47. The molecule has 55 heavy (non-hydrogen) atoms. The average molecular weight is 720 g/mol. The summed E-state index contributed by atoms with van der Waals surface area (Å²) in [4.78, 5) is 2.43. The fraction of sp³-hybridized carbons (Fsp3) is 0. The number of rotatable bonds is 6. The molecule has 0 atom stereocenters. The second-order valence-corrected chi connectivity index (χ2v) is 15.2. The first-order chi connectivity index (χ1) is 27.3. The third-order valence-corrected chi connectivity index (χ3v) is 12.0. The summed E-state index contributed by atoms with van der Waals surface area (Å²) in [7, 11) is 0. The normalized spacial score (nSPS) is 11.6. The van der Waals surface area contributed by atoms with Crippen molar-refractivity contribution >= 4 is 81.3 Å². The van der Waals surface area contributed by atoms with Crippen molar-refractivity contribution in [1.29, 1.82) is 0 Å². The molecule has 0 fully saturated rings. The van der Waals surface area contributed by atoms with Gasteiger partial charge in [0.05, 0.1) is 5.69 Å². The van der Waals surface area contributed by atoms with Crippen LogP contribution in [0.2, 0.25) is 0 Å². The van der Waals surface area contributed by atoms with E-state index in [2.05, 4.69) is 199 Å². The van der Waals surface area contributed by atoms with Crippen molar-refractivity contribution in [3.05, 3.63) is 200 Å². The SMILES string of the molecule is c1cc(-c2ccc3ccccc3c2)cc(N(c2cccc(-c3cccc4sc5ccccc5c34)c2)c2ccccc2-c2cccc3oc4ccccc4c23)c1. The van der Waals surface area contributed by atoms with Crippen LogP contribution < -0.4 is 4.90 Å². The Hall–Kier alpha value is -6.94. The van der Waals surface area contributed by atoms with Crippen LogP contribution in [0.15, 0.2) is 205 Å². The zero-order valence-corrected chi connectivity index (χ0v) is 30.6. The van der Waals surface area contributed by atoms with Gasteiger partial charge in [-0.2, -0.15) is 0 Å². The molecule has 0 spiro atoms. The van der Waals surface area contributed by atoms with Gasteiger partial charge in [-0.1, -0.05) is 140 Å². The number of fused-ring (bicyclic) bond motifs is 7. The molecule has 0 aliphatic heterocycles. The molecule has 2 heterocycles. The van der Waals surface area contributed by atoms with Gasteiger partial charge in [-0.25, -0.2) is 0 Å². The molecule has 0 saturated heterocycles. The molecule has 2 aromatic heterocycles. The van der Waals surface area contributed by atoms with Crippen LogP contribution in [0.4, 0.5) is 17.1 Å². The van der Waals surface area contributed by atoms with E-state index in [1.54, 1.807) is 0 Å². The number of furan rings is 1. The molecule has 2 nitrogen and oxygen atoms in total. The Balaban J connectivity index is 1.14. The van der Waals surface area contributed by atoms with Crippen molar-refractivity contribution in [2.45, 2.75) is 0 Å². The summed E-state index contributed by atoms with van der Waals surface area (Å²) in [5.41, 5.74) is 12.1. The zero-order chi connectivity index (χ0) is 36.3. The van der Waals surface area contributed by atoms with Gasteiger partial charge in [0.15, 0.2) is 0 Å². The van der Waals surface area contributed by atoms with E-state index in [9.17, 15) is 0 Å². The van der Waals surface area contributed by atoms with Gasteiger partial charge >= 0.3 is 0 Å². The maximum Gasteiger partial charge on any atom is 0.136 e. The fourth-order valence-electron chi connectivity index (χ4n) is 8.34.